The first-order chi connectivity index (χ1) is 11.2. The van der Waals surface area contributed by atoms with Crippen LogP contribution in [-0.4, -0.2) is 21.7 Å². The zero-order chi connectivity index (χ0) is 15.8. The van der Waals surface area contributed by atoms with Crippen LogP contribution in [0.15, 0.2) is 54.7 Å². The first kappa shape index (κ1) is 19.2. The summed E-state index contributed by atoms with van der Waals surface area (Å²) in [6.07, 6.45) is 2.56. The lowest BCUT2D eigenvalue weighted by molar-refractivity contribution is -0.122. The number of amides is 1. The van der Waals surface area contributed by atoms with Crippen molar-refractivity contribution in [3.8, 4) is 0 Å². The van der Waals surface area contributed by atoms with Crippen LogP contribution in [0.4, 0.5) is 0 Å². The lowest BCUT2D eigenvalue weighted by Gasteiger charge is -2.18. The van der Waals surface area contributed by atoms with Gasteiger partial charge >= 0.3 is 0 Å². The lowest BCUT2D eigenvalue weighted by Crippen LogP contribution is -2.42. The van der Waals surface area contributed by atoms with Gasteiger partial charge in [0.2, 0.25) is 5.91 Å². The van der Waals surface area contributed by atoms with Gasteiger partial charge < -0.3 is 11.1 Å². The van der Waals surface area contributed by atoms with Gasteiger partial charge in [0, 0.05) is 5.39 Å². The molecule has 2 atom stereocenters. The molecule has 1 aromatic heterocycles. The molecule has 1 aliphatic rings. The Morgan fingerprint density at radius 1 is 1.16 bits per heavy atom. The van der Waals surface area contributed by atoms with Gasteiger partial charge in [-0.25, -0.2) is 0 Å². The normalized spacial score (nSPS) is 18.1. The molecule has 0 radical (unpaired) electrons. The largest absolute Gasteiger partial charge is 0.350 e. The SMILES string of the molecule is Cl.Cl.N[C@@H]1c2ccccc2C[C@H]1NC(=O)Cn1ncc2ccccc21. The Labute approximate surface area is 158 Å². The van der Waals surface area contributed by atoms with Crippen molar-refractivity contribution in [2.75, 3.05) is 0 Å². The molecule has 0 saturated carbocycles. The molecule has 0 spiro atoms. The summed E-state index contributed by atoms with van der Waals surface area (Å²) in [5.74, 6) is -0.0629. The summed E-state index contributed by atoms with van der Waals surface area (Å²) in [7, 11) is 0. The molecule has 5 nitrogen and oxygen atoms in total. The standard InChI is InChI=1S/C18H18N4O.2ClH/c19-18-14-7-3-1-5-12(14)9-15(18)21-17(23)11-22-16-8-4-2-6-13(16)10-20-22;;/h1-8,10,15,18H,9,11,19H2,(H,21,23);2*1H/t15-,18-;;/m1../s1. The minimum absolute atomic E-state index is 0. The van der Waals surface area contributed by atoms with Gasteiger partial charge in [-0.1, -0.05) is 42.5 Å². The van der Waals surface area contributed by atoms with Crippen molar-refractivity contribution in [2.24, 2.45) is 5.73 Å². The first-order valence-corrected chi connectivity index (χ1v) is 7.75. The maximum absolute atomic E-state index is 12.4. The van der Waals surface area contributed by atoms with Gasteiger partial charge in [0.25, 0.3) is 0 Å². The molecule has 132 valence electrons. The summed E-state index contributed by atoms with van der Waals surface area (Å²) in [6, 6.07) is 15.8. The minimum Gasteiger partial charge on any atom is -0.350 e. The fourth-order valence-corrected chi connectivity index (χ4v) is 3.31. The Morgan fingerprint density at radius 3 is 2.68 bits per heavy atom. The van der Waals surface area contributed by atoms with E-state index in [4.69, 9.17) is 5.73 Å². The number of hydrogen-bond acceptors (Lipinski definition) is 3. The molecule has 2 aromatic carbocycles. The van der Waals surface area contributed by atoms with Crippen LogP contribution in [-0.2, 0) is 17.8 Å². The van der Waals surface area contributed by atoms with E-state index >= 15 is 0 Å². The third-order valence-electron chi connectivity index (χ3n) is 4.48. The van der Waals surface area contributed by atoms with E-state index in [-0.39, 0.29) is 49.3 Å². The number of carbonyl (C=O) groups excluding carboxylic acids is 1. The predicted octanol–water partition coefficient (Wildman–Crippen LogP) is 2.62. The molecule has 7 heteroatoms. The van der Waals surface area contributed by atoms with Gasteiger partial charge in [-0.15, -0.1) is 24.8 Å². The monoisotopic (exact) mass is 378 g/mol. The Balaban J connectivity index is 0.00000113. The van der Waals surface area contributed by atoms with Crippen molar-refractivity contribution in [1.82, 2.24) is 15.1 Å². The van der Waals surface area contributed by atoms with E-state index in [0.717, 1.165) is 22.9 Å². The highest BCUT2D eigenvalue weighted by molar-refractivity contribution is 5.85. The van der Waals surface area contributed by atoms with Crippen LogP contribution < -0.4 is 11.1 Å². The number of benzene rings is 2. The van der Waals surface area contributed by atoms with Gasteiger partial charge in [0.1, 0.15) is 6.54 Å². The number of nitrogens with two attached hydrogens (primary N) is 1. The second-order valence-electron chi connectivity index (χ2n) is 5.96. The number of nitrogens with zero attached hydrogens (tertiary/aromatic N) is 2. The average Bonchev–Trinajstić information content (AvgIpc) is 3.10. The van der Waals surface area contributed by atoms with E-state index in [2.05, 4.69) is 16.5 Å². The molecule has 0 bridgehead atoms. The number of hydrogen-bond donors (Lipinski definition) is 2. The van der Waals surface area contributed by atoms with Crippen molar-refractivity contribution in [2.45, 2.75) is 25.0 Å². The van der Waals surface area contributed by atoms with Crippen LogP contribution >= 0.6 is 24.8 Å². The molecule has 1 aliphatic carbocycles. The third-order valence-corrected chi connectivity index (χ3v) is 4.48. The fourth-order valence-electron chi connectivity index (χ4n) is 3.31. The molecule has 0 fully saturated rings. The van der Waals surface area contributed by atoms with Crippen molar-refractivity contribution < 1.29 is 4.79 Å². The summed E-state index contributed by atoms with van der Waals surface area (Å²) >= 11 is 0. The summed E-state index contributed by atoms with van der Waals surface area (Å²) in [6.45, 7) is 0.201. The topological polar surface area (TPSA) is 72.9 Å². The Morgan fingerprint density at radius 2 is 1.88 bits per heavy atom. The number of fused-ring (bicyclic) bond motifs is 2. The maximum atomic E-state index is 12.4. The van der Waals surface area contributed by atoms with Crippen LogP contribution in [0.2, 0.25) is 0 Å². The predicted molar refractivity (Wildman–Crippen MR) is 103 cm³/mol. The fraction of sp³-hybridized carbons (Fsp3) is 0.222. The zero-order valence-corrected chi connectivity index (χ0v) is 15.1. The number of nitrogens with one attached hydrogen (secondary N) is 1. The molecule has 3 aromatic rings. The minimum atomic E-state index is -0.149. The summed E-state index contributed by atoms with van der Waals surface area (Å²) in [5.41, 5.74) is 9.57. The van der Waals surface area contributed by atoms with Gasteiger partial charge in [-0.3, -0.25) is 9.48 Å². The molecule has 0 saturated heterocycles. The molecule has 3 N–H and O–H groups in total. The molecular formula is C18H20Cl2N4O. The molecule has 4 rings (SSSR count). The Hall–Kier alpha value is -2.08. The smallest absolute Gasteiger partial charge is 0.242 e. The molecule has 1 amide bonds. The van der Waals surface area contributed by atoms with E-state index < -0.39 is 0 Å². The van der Waals surface area contributed by atoms with Crippen LogP contribution in [0, 0.1) is 0 Å². The molecule has 0 aliphatic heterocycles. The lowest BCUT2D eigenvalue weighted by atomic mass is 10.1. The van der Waals surface area contributed by atoms with Gasteiger partial charge in [0.15, 0.2) is 0 Å². The van der Waals surface area contributed by atoms with Crippen LogP contribution in [0.1, 0.15) is 17.2 Å². The van der Waals surface area contributed by atoms with Gasteiger partial charge in [-0.2, -0.15) is 5.10 Å². The number of aromatic nitrogens is 2. The number of para-hydroxylation sites is 1. The average molecular weight is 379 g/mol. The van der Waals surface area contributed by atoms with Crippen molar-refractivity contribution in [3.63, 3.8) is 0 Å². The second-order valence-corrected chi connectivity index (χ2v) is 5.96. The Bertz CT molecular complexity index is 880. The maximum Gasteiger partial charge on any atom is 0.242 e. The van der Waals surface area contributed by atoms with E-state index in [9.17, 15) is 4.79 Å². The summed E-state index contributed by atoms with van der Waals surface area (Å²) in [4.78, 5) is 12.4. The number of carbonyl (C=O) groups is 1. The van der Waals surface area contributed by atoms with E-state index in [1.165, 1.54) is 5.56 Å². The highest BCUT2D eigenvalue weighted by Gasteiger charge is 2.30. The summed E-state index contributed by atoms with van der Waals surface area (Å²) < 4.78 is 1.72. The highest BCUT2D eigenvalue weighted by Crippen LogP contribution is 2.29. The molecule has 25 heavy (non-hydrogen) atoms. The van der Waals surface area contributed by atoms with Gasteiger partial charge in [-0.05, 0) is 23.6 Å². The van der Waals surface area contributed by atoms with Crippen molar-refractivity contribution >= 4 is 41.6 Å². The zero-order valence-electron chi connectivity index (χ0n) is 13.5. The van der Waals surface area contributed by atoms with E-state index in [1.54, 1.807) is 10.9 Å². The highest BCUT2D eigenvalue weighted by atomic mass is 35.5. The Kier molecular flexibility index (Phi) is 6.06. The van der Waals surface area contributed by atoms with Crippen LogP contribution in [0.25, 0.3) is 10.9 Å². The number of rotatable bonds is 3. The molecular weight excluding hydrogens is 359 g/mol. The molecule has 1 heterocycles. The van der Waals surface area contributed by atoms with E-state index in [0.29, 0.717) is 0 Å². The van der Waals surface area contributed by atoms with Crippen LogP contribution in [0.3, 0.4) is 0 Å². The second kappa shape index (κ2) is 7.87. The van der Waals surface area contributed by atoms with E-state index in [1.807, 2.05) is 42.5 Å². The quantitative estimate of drug-likeness (QED) is 0.735. The molecule has 0 unspecified atom stereocenters. The van der Waals surface area contributed by atoms with Crippen LogP contribution in [0.5, 0.6) is 0 Å². The van der Waals surface area contributed by atoms with Gasteiger partial charge in [0.05, 0.1) is 23.8 Å². The first-order valence-electron chi connectivity index (χ1n) is 7.75. The van der Waals surface area contributed by atoms with Crippen molar-refractivity contribution in [3.05, 3.63) is 65.9 Å². The summed E-state index contributed by atoms with van der Waals surface area (Å²) in [5, 5.41) is 8.38. The number of halogens is 2. The van der Waals surface area contributed by atoms with Crippen molar-refractivity contribution in [1.29, 1.82) is 0 Å². The third kappa shape index (κ3) is 3.63.